The first-order chi connectivity index (χ1) is 13.1. The minimum absolute atomic E-state index is 0.0156. The topological polar surface area (TPSA) is 121 Å². The molecule has 9 heteroatoms. The molecule has 0 aliphatic heterocycles. The molecule has 0 bridgehead atoms. The Morgan fingerprint density at radius 3 is 2.29 bits per heavy atom. The third-order valence-electron chi connectivity index (χ3n) is 4.39. The zero-order chi connectivity index (χ0) is 20.8. The van der Waals surface area contributed by atoms with Crippen molar-refractivity contribution in [2.45, 2.75) is 41.0 Å². The third-order valence-corrected chi connectivity index (χ3v) is 6.46. The van der Waals surface area contributed by atoms with Crippen molar-refractivity contribution in [1.29, 1.82) is 0 Å². The highest BCUT2D eigenvalue weighted by molar-refractivity contribution is 7.99. The lowest BCUT2D eigenvalue weighted by molar-refractivity contribution is 0.180. The molecular weight excluding hydrogens is 422 g/mol. The van der Waals surface area contributed by atoms with Gasteiger partial charge in [0.15, 0.2) is 0 Å². The third kappa shape index (κ3) is 7.62. The van der Waals surface area contributed by atoms with E-state index < -0.39 is 21.4 Å². The molecule has 0 saturated heterocycles. The monoisotopic (exact) mass is 445 g/mol. The summed E-state index contributed by atoms with van der Waals surface area (Å²) in [5.74, 6) is -0.262. The Kier molecular flexibility index (Phi) is 8.18. The largest absolute Gasteiger partial charge is 0.508 e. The molecule has 154 valence electrons. The van der Waals surface area contributed by atoms with Gasteiger partial charge in [0.25, 0.3) is 10.1 Å². The molecule has 28 heavy (non-hydrogen) atoms. The van der Waals surface area contributed by atoms with Crippen molar-refractivity contribution in [2.24, 2.45) is 5.73 Å². The molecule has 0 saturated carbocycles. The number of rotatable bonds is 10. The van der Waals surface area contributed by atoms with Crippen LogP contribution in [-0.4, -0.2) is 41.1 Å². The molecule has 1 unspecified atom stereocenters. The first-order valence-corrected chi connectivity index (χ1v) is 11.5. The summed E-state index contributed by atoms with van der Waals surface area (Å²) in [5.41, 5.74) is 5.93. The Morgan fingerprint density at radius 2 is 1.71 bits per heavy atom. The number of benzene rings is 2. The highest BCUT2D eigenvalue weighted by Gasteiger charge is 2.25. The Hall–Kier alpha value is -1.29. The molecule has 6 nitrogen and oxygen atoms in total. The Morgan fingerprint density at radius 1 is 1.07 bits per heavy atom. The first kappa shape index (κ1) is 23.0. The van der Waals surface area contributed by atoms with Crippen LogP contribution in [0.5, 0.6) is 5.75 Å². The molecule has 0 fully saturated rings. The Balaban J connectivity index is 1.92. The summed E-state index contributed by atoms with van der Waals surface area (Å²) in [4.78, 5) is 1.95. The smallest absolute Gasteiger partial charge is 0.264 e. The van der Waals surface area contributed by atoms with Gasteiger partial charge < -0.3 is 15.9 Å². The fourth-order valence-electron chi connectivity index (χ4n) is 2.69. The first-order valence-electron chi connectivity index (χ1n) is 8.70. The van der Waals surface area contributed by atoms with Crippen LogP contribution in [0.15, 0.2) is 52.3 Å². The van der Waals surface area contributed by atoms with Crippen molar-refractivity contribution in [3.8, 4) is 5.75 Å². The number of hydrogen-bond donors (Lipinski definition) is 4. The summed E-state index contributed by atoms with van der Waals surface area (Å²) in [6, 6.07) is 12.7. The van der Waals surface area contributed by atoms with Crippen LogP contribution in [0.3, 0.4) is 0 Å². The van der Waals surface area contributed by atoms with E-state index in [4.69, 9.17) is 21.9 Å². The van der Waals surface area contributed by atoms with Gasteiger partial charge in [0.05, 0.1) is 12.4 Å². The molecule has 0 aliphatic rings. The van der Waals surface area contributed by atoms with Crippen molar-refractivity contribution in [3.63, 3.8) is 0 Å². The van der Waals surface area contributed by atoms with Crippen LogP contribution in [0.1, 0.15) is 24.8 Å². The molecular formula is C19H24ClNO5S2. The molecule has 5 N–H and O–H groups in total. The zero-order valence-corrected chi connectivity index (χ0v) is 17.6. The normalized spacial score (nSPS) is 14.0. The van der Waals surface area contributed by atoms with Crippen LogP contribution in [0, 0.1) is 0 Å². The second kappa shape index (κ2) is 9.96. The van der Waals surface area contributed by atoms with E-state index in [1.165, 1.54) is 11.8 Å². The van der Waals surface area contributed by atoms with Crippen molar-refractivity contribution in [2.75, 3.05) is 12.4 Å². The number of phenols is 1. The number of aryl methyl sites for hydroxylation is 1. The molecule has 0 radical (unpaired) electrons. The van der Waals surface area contributed by atoms with Crippen LogP contribution in [0.2, 0.25) is 5.02 Å². The van der Waals surface area contributed by atoms with E-state index in [9.17, 15) is 18.6 Å². The Bertz CT molecular complexity index is 890. The van der Waals surface area contributed by atoms with Crippen LogP contribution in [0.25, 0.3) is 0 Å². The highest BCUT2D eigenvalue weighted by atomic mass is 35.5. The average molecular weight is 446 g/mol. The summed E-state index contributed by atoms with van der Waals surface area (Å²) in [5, 5.41) is 19.4. The van der Waals surface area contributed by atoms with Crippen molar-refractivity contribution < 1.29 is 23.2 Å². The quantitative estimate of drug-likeness (QED) is 0.413. The summed E-state index contributed by atoms with van der Waals surface area (Å²) < 4.78 is 30.7. The predicted molar refractivity (Wildman–Crippen MR) is 112 cm³/mol. The van der Waals surface area contributed by atoms with E-state index in [1.54, 1.807) is 12.1 Å². The lowest BCUT2D eigenvalue weighted by atomic mass is 9.91. The SMILES string of the molecule is NC(CO)(CCCc1ccc(Sc2ccc(O)cc2)cc1Cl)CCS(=O)(=O)O. The number of nitrogens with two attached hydrogens (primary N) is 1. The summed E-state index contributed by atoms with van der Waals surface area (Å²) in [7, 11) is -4.11. The van der Waals surface area contributed by atoms with Gasteiger partial charge in [0.1, 0.15) is 5.75 Å². The van der Waals surface area contributed by atoms with Gasteiger partial charge in [-0.3, -0.25) is 4.55 Å². The van der Waals surface area contributed by atoms with Gasteiger partial charge in [-0.1, -0.05) is 29.4 Å². The molecule has 2 aromatic carbocycles. The van der Waals surface area contributed by atoms with E-state index in [-0.39, 0.29) is 18.8 Å². The minimum atomic E-state index is -4.11. The number of aliphatic hydroxyl groups excluding tert-OH is 1. The summed E-state index contributed by atoms with van der Waals surface area (Å²) in [6.07, 6.45) is 1.64. The molecule has 0 spiro atoms. The van der Waals surface area contributed by atoms with Gasteiger partial charge >= 0.3 is 0 Å². The van der Waals surface area contributed by atoms with E-state index in [2.05, 4.69) is 0 Å². The second-order valence-corrected chi connectivity index (χ2v) is 9.89. The van der Waals surface area contributed by atoms with Crippen LogP contribution >= 0.6 is 23.4 Å². The lowest BCUT2D eigenvalue weighted by Crippen LogP contribution is -2.45. The number of aliphatic hydroxyl groups is 1. The number of phenolic OH excluding ortho intramolecular Hbond substituents is 1. The number of aromatic hydroxyl groups is 1. The lowest BCUT2D eigenvalue weighted by Gasteiger charge is -2.26. The van der Waals surface area contributed by atoms with E-state index >= 15 is 0 Å². The fourth-order valence-corrected chi connectivity index (χ4v) is 4.55. The van der Waals surface area contributed by atoms with Crippen molar-refractivity contribution >= 4 is 33.5 Å². The fraction of sp³-hybridized carbons (Fsp3) is 0.368. The summed E-state index contributed by atoms with van der Waals surface area (Å²) in [6.45, 7) is -0.363. The maximum atomic E-state index is 10.9. The van der Waals surface area contributed by atoms with Crippen LogP contribution in [-0.2, 0) is 16.5 Å². The number of hydrogen-bond acceptors (Lipinski definition) is 6. The minimum Gasteiger partial charge on any atom is -0.508 e. The molecule has 2 aromatic rings. The van der Waals surface area contributed by atoms with Crippen molar-refractivity contribution in [1.82, 2.24) is 0 Å². The van der Waals surface area contributed by atoms with Gasteiger partial charge in [0.2, 0.25) is 0 Å². The predicted octanol–water partition coefficient (Wildman–Crippen LogP) is 3.49. The molecule has 0 heterocycles. The van der Waals surface area contributed by atoms with E-state index in [0.29, 0.717) is 24.3 Å². The molecule has 0 aromatic heterocycles. The van der Waals surface area contributed by atoms with Crippen LogP contribution < -0.4 is 5.73 Å². The second-order valence-electron chi connectivity index (χ2n) is 6.76. The molecule has 0 amide bonds. The molecule has 1 atom stereocenters. The zero-order valence-electron chi connectivity index (χ0n) is 15.2. The standard InChI is InChI=1S/C19H24ClNO5S2/c20-18-12-17(27-16-7-4-15(23)5-8-16)6-3-14(18)2-1-9-19(21,13-22)10-11-28(24,25)26/h3-8,12,22-23H,1-2,9-11,13,21H2,(H,24,25,26). The molecule has 2 rings (SSSR count). The van der Waals surface area contributed by atoms with Crippen molar-refractivity contribution in [3.05, 3.63) is 53.1 Å². The maximum Gasteiger partial charge on any atom is 0.264 e. The van der Waals surface area contributed by atoms with Crippen LogP contribution in [0.4, 0.5) is 0 Å². The van der Waals surface area contributed by atoms with Gasteiger partial charge in [-0.25, -0.2) is 0 Å². The van der Waals surface area contributed by atoms with E-state index in [0.717, 1.165) is 15.4 Å². The Labute approximate surface area is 174 Å². The molecule has 0 aliphatic carbocycles. The van der Waals surface area contributed by atoms with Gasteiger partial charge in [-0.05, 0) is 67.6 Å². The van der Waals surface area contributed by atoms with Gasteiger partial charge in [-0.15, -0.1) is 0 Å². The highest BCUT2D eigenvalue weighted by Crippen LogP contribution is 2.32. The summed E-state index contributed by atoms with van der Waals surface area (Å²) >= 11 is 7.91. The maximum absolute atomic E-state index is 10.9. The van der Waals surface area contributed by atoms with Gasteiger partial charge in [-0.2, -0.15) is 8.42 Å². The van der Waals surface area contributed by atoms with Gasteiger partial charge in [0, 0.05) is 20.4 Å². The average Bonchev–Trinajstić information content (AvgIpc) is 2.63. The van der Waals surface area contributed by atoms with E-state index in [1.807, 2.05) is 30.3 Å². The number of halogens is 1.